The largest absolute Gasteiger partial charge is 0.394 e. The van der Waals surface area contributed by atoms with Crippen molar-refractivity contribution >= 4 is 5.91 Å². The van der Waals surface area contributed by atoms with Crippen molar-refractivity contribution in [3.05, 3.63) is 0 Å². The first kappa shape index (κ1) is 16.4. The van der Waals surface area contributed by atoms with Crippen LogP contribution in [-0.4, -0.2) is 35.7 Å². The number of carbonyl (C=O) groups excluding carboxylic acids is 1. The Morgan fingerprint density at radius 3 is 2.84 bits per heavy atom. The minimum atomic E-state index is -0.265. The molecule has 4 heteroatoms. The van der Waals surface area contributed by atoms with Gasteiger partial charge in [-0.15, -0.1) is 0 Å². The van der Waals surface area contributed by atoms with E-state index >= 15 is 0 Å². The predicted octanol–water partition coefficient (Wildman–Crippen LogP) is 1.82. The molecule has 0 aliphatic heterocycles. The van der Waals surface area contributed by atoms with Crippen LogP contribution in [0.15, 0.2) is 0 Å². The van der Waals surface area contributed by atoms with Crippen LogP contribution >= 0.6 is 0 Å². The minimum Gasteiger partial charge on any atom is -0.394 e. The zero-order valence-electron chi connectivity index (χ0n) is 12.7. The molecule has 0 aromatic carbocycles. The molecule has 3 unspecified atom stereocenters. The molecule has 0 aromatic rings. The van der Waals surface area contributed by atoms with Gasteiger partial charge in [-0.2, -0.15) is 0 Å². The Balaban J connectivity index is 2.47. The number of rotatable bonds is 7. The first-order chi connectivity index (χ1) is 9.03. The summed E-state index contributed by atoms with van der Waals surface area (Å²) in [6.45, 7) is 7.07. The van der Waals surface area contributed by atoms with Crippen LogP contribution in [0.5, 0.6) is 0 Å². The fourth-order valence-electron chi connectivity index (χ4n) is 3.05. The lowest BCUT2D eigenvalue weighted by atomic mass is 9.76. The van der Waals surface area contributed by atoms with Gasteiger partial charge in [-0.05, 0) is 32.1 Å². The van der Waals surface area contributed by atoms with E-state index in [9.17, 15) is 9.90 Å². The highest BCUT2D eigenvalue weighted by atomic mass is 16.3. The third-order valence-corrected chi connectivity index (χ3v) is 4.14. The number of aliphatic hydroxyl groups excluding tert-OH is 1. The fourth-order valence-corrected chi connectivity index (χ4v) is 3.05. The van der Waals surface area contributed by atoms with E-state index in [0.717, 1.165) is 38.6 Å². The van der Waals surface area contributed by atoms with Gasteiger partial charge < -0.3 is 10.4 Å². The normalized spacial score (nSPS) is 28.9. The van der Waals surface area contributed by atoms with Gasteiger partial charge in [0.05, 0.1) is 12.6 Å². The van der Waals surface area contributed by atoms with E-state index in [1.165, 1.54) is 6.42 Å². The Hall–Kier alpha value is -0.610. The lowest BCUT2D eigenvalue weighted by molar-refractivity contribution is -0.123. The van der Waals surface area contributed by atoms with Crippen LogP contribution in [0.2, 0.25) is 0 Å². The van der Waals surface area contributed by atoms with E-state index in [4.69, 9.17) is 0 Å². The summed E-state index contributed by atoms with van der Waals surface area (Å²) < 4.78 is 0. The quantitative estimate of drug-likeness (QED) is 0.618. The summed E-state index contributed by atoms with van der Waals surface area (Å²) >= 11 is 0. The molecule has 1 aliphatic carbocycles. The summed E-state index contributed by atoms with van der Waals surface area (Å²) in [5, 5.41) is 16.0. The van der Waals surface area contributed by atoms with Crippen molar-refractivity contribution in [3.63, 3.8) is 0 Å². The first-order valence-electron chi connectivity index (χ1n) is 7.69. The fraction of sp³-hybridized carbons (Fsp3) is 0.933. The molecule has 1 rings (SSSR count). The zero-order chi connectivity index (χ0) is 14.3. The van der Waals surface area contributed by atoms with Crippen LogP contribution in [0, 0.1) is 5.92 Å². The summed E-state index contributed by atoms with van der Waals surface area (Å²) in [7, 11) is 0. The molecule has 112 valence electrons. The van der Waals surface area contributed by atoms with E-state index in [0.29, 0.717) is 5.92 Å². The van der Waals surface area contributed by atoms with Crippen molar-refractivity contribution in [1.29, 1.82) is 0 Å². The molecule has 0 saturated heterocycles. The number of aliphatic hydroxyl groups is 1. The lowest BCUT2D eigenvalue weighted by Crippen LogP contribution is -2.58. The van der Waals surface area contributed by atoms with E-state index in [2.05, 4.69) is 24.5 Å². The molecule has 0 heterocycles. The molecule has 0 aromatic heterocycles. The average Bonchev–Trinajstić information content (AvgIpc) is 2.38. The van der Waals surface area contributed by atoms with Crippen LogP contribution in [0.1, 0.15) is 59.3 Å². The molecule has 1 aliphatic rings. The van der Waals surface area contributed by atoms with E-state index in [1.807, 2.05) is 6.92 Å². The number of amides is 1. The number of unbranched alkanes of at least 4 members (excludes halogenated alkanes) is 1. The van der Waals surface area contributed by atoms with Gasteiger partial charge >= 0.3 is 0 Å². The summed E-state index contributed by atoms with van der Waals surface area (Å²) in [5.41, 5.74) is -0.265. The van der Waals surface area contributed by atoms with Gasteiger partial charge in [0.25, 0.3) is 0 Å². The molecule has 3 atom stereocenters. The van der Waals surface area contributed by atoms with Crippen LogP contribution in [0.3, 0.4) is 0 Å². The molecule has 1 saturated carbocycles. The lowest BCUT2D eigenvalue weighted by Gasteiger charge is -2.41. The number of hydrogen-bond acceptors (Lipinski definition) is 3. The number of nitrogens with one attached hydrogen (secondary N) is 2. The predicted molar refractivity (Wildman–Crippen MR) is 78.0 cm³/mol. The van der Waals surface area contributed by atoms with Crippen molar-refractivity contribution in [2.24, 2.45) is 5.92 Å². The summed E-state index contributed by atoms with van der Waals surface area (Å²) in [6.07, 6.45) is 6.36. The van der Waals surface area contributed by atoms with E-state index in [1.54, 1.807) is 0 Å². The maximum Gasteiger partial charge on any atom is 0.236 e. The van der Waals surface area contributed by atoms with Crippen molar-refractivity contribution in [2.45, 2.75) is 70.9 Å². The Labute approximate surface area is 117 Å². The van der Waals surface area contributed by atoms with Crippen molar-refractivity contribution in [1.82, 2.24) is 10.6 Å². The Kier molecular flexibility index (Phi) is 6.80. The molecule has 1 fully saturated rings. The first-order valence-corrected chi connectivity index (χ1v) is 7.69. The topological polar surface area (TPSA) is 61.4 Å². The van der Waals surface area contributed by atoms with Crippen molar-refractivity contribution in [3.8, 4) is 0 Å². The van der Waals surface area contributed by atoms with Gasteiger partial charge in [0.15, 0.2) is 0 Å². The Morgan fingerprint density at radius 1 is 1.53 bits per heavy atom. The molecular weight excluding hydrogens is 240 g/mol. The maximum absolute atomic E-state index is 12.0. The second kappa shape index (κ2) is 7.85. The molecule has 0 bridgehead atoms. The second-order valence-corrected chi connectivity index (χ2v) is 6.15. The van der Waals surface area contributed by atoms with Crippen LogP contribution in [0.25, 0.3) is 0 Å². The molecular formula is C15H30N2O2. The van der Waals surface area contributed by atoms with E-state index < -0.39 is 0 Å². The average molecular weight is 270 g/mol. The highest BCUT2D eigenvalue weighted by Gasteiger charge is 2.36. The van der Waals surface area contributed by atoms with Crippen molar-refractivity contribution in [2.75, 3.05) is 13.2 Å². The van der Waals surface area contributed by atoms with Gasteiger partial charge in [0, 0.05) is 12.1 Å². The van der Waals surface area contributed by atoms with Crippen molar-refractivity contribution < 1.29 is 9.90 Å². The molecule has 1 amide bonds. The third-order valence-electron chi connectivity index (χ3n) is 4.14. The zero-order valence-corrected chi connectivity index (χ0v) is 12.7. The summed E-state index contributed by atoms with van der Waals surface area (Å²) in [6, 6.07) is -0.241. The van der Waals surface area contributed by atoms with Crippen LogP contribution in [0.4, 0.5) is 0 Å². The SMILES string of the molecule is CCCCNC(=O)C(C)NC1(CO)CCCC(C)C1. The molecule has 19 heavy (non-hydrogen) atoms. The van der Waals surface area contributed by atoms with Crippen LogP contribution < -0.4 is 10.6 Å². The monoisotopic (exact) mass is 270 g/mol. The second-order valence-electron chi connectivity index (χ2n) is 6.15. The summed E-state index contributed by atoms with van der Waals surface area (Å²) in [5.74, 6) is 0.656. The summed E-state index contributed by atoms with van der Waals surface area (Å²) in [4.78, 5) is 12.0. The highest BCUT2D eigenvalue weighted by Crippen LogP contribution is 2.32. The highest BCUT2D eigenvalue weighted by molar-refractivity contribution is 5.81. The van der Waals surface area contributed by atoms with Gasteiger partial charge in [-0.1, -0.05) is 33.1 Å². The van der Waals surface area contributed by atoms with Crippen LogP contribution in [-0.2, 0) is 4.79 Å². The van der Waals surface area contributed by atoms with Gasteiger partial charge in [-0.3, -0.25) is 10.1 Å². The van der Waals surface area contributed by atoms with Gasteiger partial charge in [0.2, 0.25) is 5.91 Å². The smallest absolute Gasteiger partial charge is 0.236 e. The standard InChI is InChI=1S/C15H30N2O2/c1-4-5-9-16-14(19)13(3)17-15(11-18)8-6-7-12(2)10-15/h12-13,17-18H,4-11H2,1-3H3,(H,16,19). The number of carbonyl (C=O) groups is 1. The molecule has 0 spiro atoms. The maximum atomic E-state index is 12.0. The molecule has 3 N–H and O–H groups in total. The van der Waals surface area contributed by atoms with Gasteiger partial charge in [0.1, 0.15) is 0 Å². The molecule has 0 radical (unpaired) electrons. The minimum absolute atomic E-state index is 0.0412. The van der Waals surface area contributed by atoms with E-state index in [-0.39, 0.29) is 24.1 Å². The van der Waals surface area contributed by atoms with Gasteiger partial charge in [-0.25, -0.2) is 0 Å². The molecule has 4 nitrogen and oxygen atoms in total. The Morgan fingerprint density at radius 2 is 2.26 bits per heavy atom. The Bertz CT molecular complexity index is 283. The number of hydrogen-bond donors (Lipinski definition) is 3. The third kappa shape index (κ3) is 5.11.